The monoisotopic (exact) mass is 327 g/mol. The highest BCUT2D eigenvalue weighted by Gasteiger charge is 2.08. The molecule has 0 unspecified atom stereocenters. The molecule has 96 valence electrons. The number of nitrogen functional groups attached to an aromatic ring is 1. The molecule has 0 fully saturated rings. The molecule has 0 aromatic carbocycles. The maximum Gasteiger partial charge on any atom is 0.228 e. The second-order valence-corrected chi connectivity index (χ2v) is 5.93. The summed E-state index contributed by atoms with van der Waals surface area (Å²) in [6.45, 7) is 4.71. The van der Waals surface area contributed by atoms with Crippen molar-refractivity contribution >= 4 is 39.2 Å². The van der Waals surface area contributed by atoms with Gasteiger partial charge in [0.1, 0.15) is 5.82 Å². The topological polar surface area (TPSA) is 76.7 Å². The van der Waals surface area contributed by atoms with Crippen LogP contribution in [-0.2, 0) is 6.54 Å². The van der Waals surface area contributed by atoms with Gasteiger partial charge >= 0.3 is 0 Å². The van der Waals surface area contributed by atoms with Crippen LogP contribution in [0.2, 0.25) is 0 Å². The van der Waals surface area contributed by atoms with Gasteiger partial charge < -0.3 is 11.1 Å². The predicted octanol–water partition coefficient (Wildman–Crippen LogP) is 3.01. The van der Waals surface area contributed by atoms with Crippen LogP contribution in [0.25, 0.3) is 0 Å². The van der Waals surface area contributed by atoms with Crippen LogP contribution in [0.15, 0.2) is 15.9 Å². The number of thiophene rings is 1. The second kappa shape index (κ2) is 5.62. The van der Waals surface area contributed by atoms with Crippen LogP contribution in [-0.4, -0.2) is 15.0 Å². The highest BCUT2D eigenvalue weighted by atomic mass is 79.9. The van der Waals surface area contributed by atoms with E-state index in [2.05, 4.69) is 36.2 Å². The first-order valence-corrected chi connectivity index (χ1v) is 7.20. The maximum absolute atomic E-state index is 5.67. The Morgan fingerprint density at radius 1 is 1.39 bits per heavy atom. The van der Waals surface area contributed by atoms with Gasteiger partial charge in [0.15, 0.2) is 0 Å². The van der Waals surface area contributed by atoms with Gasteiger partial charge in [-0.15, -0.1) is 11.3 Å². The summed E-state index contributed by atoms with van der Waals surface area (Å²) < 4.78 is 1.09. The van der Waals surface area contributed by atoms with Crippen LogP contribution in [0.3, 0.4) is 0 Å². The van der Waals surface area contributed by atoms with Gasteiger partial charge in [0.2, 0.25) is 11.9 Å². The molecule has 2 aromatic heterocycles. The summed E-state index contributed by atoms with van der Waals surface area (Å²) in [6, 6.07) is 2.02. The number of aromatic nitrogens is 3. The molecule has 5 nitrogen and oxygen atoms in total. The van der Waals surface area contributed by atoms with E-state index >= 15 is 0 Å². The lowest BCUT2D eigenvalue weighted by Gasteiger charge is -2.08. The van der Waals surface area contributed by atoms with Gasteiger partial charge in [-0.25, -0.2) is 0 Å². The Morgan fingerprint density at radius 2 is 2.17 bits per heavy atom. The zero-order chi connectivity index (χ0) is 13.1. The minimum absolute atomic E-state index is 0.226. The molecule has 2 rings (SSSR count). The van der Waals surface area contributed by atoms with E-state index < -0.39 is 0 Å². The van der Waals surface area contributed by atoms with Gasteiger partial charge in [-0.3, -0.25) is 0 Å². The van der Waals surface area contributed by atoms with Crippen molar-refractivity contribution in [2.24, 2.45) is 0 Å². The third-order valence-corrected chi connectivity index (χ3v) is 4.21. The molecule has 0 aliphatic carbocycles. The molecule has 0 saturated carbocycles. The SMILES string of the molecule is CC(C)c1nc(N)nc(NCc2sccc2Br)n1. The summed E-state index contributed by atoms with van der Waals surface area (Å²) in [4.78, 5) is 13.7. The third kappa shape index (κ3) is 3.17. The number of anilines is 2. The van der Waals surface area contributed by atoms with E-state index in [0.29, 0.717) is 18.3 Å². The molecule has 0 spiro atoms. The first kappa shape index (κ1) is 13.2. The van der Waals surface area contributed by atoms with Crippen molar-refractivity contribution in [3.8, 4) is 0 Å². The smallest absolute Gasteiger partial charge is 0.228 e. The van der Waals surface area contributed by atoms with Crippen LogP contribution in [0.4, 0.5) is 11.9 Å². The normalized spacial score (nSPS) is 10.9. The van der Waals surface area contributed by atoms with E-state index in [9.17, 15) is 0 Å². The number of nitrogens with two attached hydrogens (primary N) is 1. The molecule has 18 heavy (non-hydrogen) atoms. The summed E-state index contributed by atoms with van der Waals surface area (Å²) in [6.07, 6.45) is 0. The minimum Gasteiger partial charge on any atom is -0.368 e. The summed E-state index contributed by atoms with van der Waals surface area (Å²) in [5, 5.41) is 5.19. The zero-order valence-corrected chi connectivity index (χ0v) is 12.5. The fraction of sp³-hybridized carbons (Fsp3) is 0.364. The van der Waals surface area contributed by atoms with E-state index in [0.717, 1.165) is 4.47 Å². The van der Waals surface area contributed by atoms with Gasteiger partial charge in [0, 0.05) is 15.3 Å². The quantitative estimate of drug-likeness (QED) is 0.902. The van der Waals surface area contributed by atoms with E-state index in [1.54, 1.807) is 11.3 Å². The zero-order valence-electron chi connectivity index (χ0n) is 10.1. The molecule has 0 aliphatic heterocycles. The van der Waals surface area contributed by atoms with Crippen LogP contribution < -0.4 is 11.1 Å². The Bertz CT molecular complexity index is 540. The molecule has 0 saturated heterocycles. The number of hydrogen-bond acceptors (Lipinski definition) is 6. The molecule has 0 atom stereocenters. The molecule has 7 heteroatoms. The lowest BCUT2D eigenvalue weighted by molar-refractivity contribution is 0.764. The number of rotatable bonds is 4. The summed E-state index contributed by atoms with van der Waals surface area (Å²) in [7, 11) is 0. The van der Waals surface area contributed by atoms with Crippen LogP contribution >= 0.6 is 27.3 Å². The van der Waals surface area contributed by atoms with Crippen molar-refractivity contribution in [1.82, 2.24) is 15.0 Å². The van der Waals surface area contributed by atoms with E-state index in [1.807, 2.05) is 25.3 Å². The van der Waals surface area contributed by atoms with Gasteiger partial charge in [-0.2, -0.15) is 15.0 Å². The molecule has 0 radical (unpaired) electrons. The lowest BCUT2D eigenvalue weighted by Crippen LogP contribution is -2.10. The molecule has 3 N–H and O–H groups in total. The second-order valence-electron chi connectivity index (χ2n) is 4.08. The number of hydrogen-bond donors (Lipinski definition) is 2. The van der Waals surface area contributed by atoms with Crippen LogP contribution in [0.1, 0.15) is 30.5 Å². The number of nitrogens with zero attached hydrogens (tertiary/aromatic N) is 3. The summed E-state index contributed by atoms with van der Waals surface area (Å²) in [5.74, 6) is 1.70. The predicted molar refractivity (Wildman–Crippen MR) is 77.7 cm³/mol. The van der Waals surface area contributed by atoms with Crippen molar-refractivity contribution in [2.45, 2.75) is 26.3 Å². The van der Waals surface area contributed by atoms with Crippen molar-refractivity contribution in [1.29, 1.82) is 0 Å². The van der Waals surface area contributed by atoms with Gasteiger partial charge in [0.05, 0.1) is 6.54 Å². The molecule has 0 bridgehead atoms. The fourth-order valence-electron chi connectivity index (χ4n) is 1.36. The molecule has 2 aromatic rings. The Morgan fingerprint density at radius 3 is 2.78 bits per heavy atom. The molecular weight excluding hydrogens is 314 g/mol. The Labute approximate surface area is 118 Å². The largest absolute Gasteiger partial charge is 0.368 e. The average molecular weight is 328 g/mol. The van der Waals surface area contributed by atoms with Crippen molar-refractivity contribution in [2.75, 3.05) is 11.1 Å². The Kier molecular flexibility index (Phi) is 4.13. The molecule has 2 heterocycles. The van der Waals surface area contributed by atoms with Gasteiger partial charge in [-0.1, -0.05) is 13.8 Å². The molecule has 0 amide bonds. The summed E-state index contributed by atoms with van der Waals surface area (Å²) >= 11 is 5.16. The fourth-order valence-corrected chi connectivity index (χ4v) is 2.79. The van der Waals surface area contributed by atoms with E-state index in [-0.39, 0.29) is 11.9 Å². The van der Waals surface area contributed by atoms with Crippen LogP contribution in [0, 0.1) is 0 Å². The Balaban J connectivity index is 2.12. The first-order valence-electron chi connectivity index (χ1n) is 5.53. The third-order valence-electron chi connectivity index (χ3n) is 2.28. The van der Waals surface area contributed by atoms with E-state index in [1.165, 1.54) is 4.88 Å². The highest BCUT2D eigenvalue weighted by molar-refractivity contribution is 9.10. The number of nitrogens with one attached hydrogen (secondary N) is 1. The average Bonchev–Trinajstić information content (AvgIpc) is 2.71. The molecular formula is C11H14BrN5S. The standard InChI is InChI=1S/C11H14BrN5S/c1-6(2)9-15-10(13)17-11(16-9)14-5-8-7(12)3-4-18-8/h3-4,6H,5H2,1-2H3,(H3,13,14,15,16,17). The van der Waals surface area contributed by atoms with E-state index in [4.69, 9.17) is 5.73 Å². The minimum atomic E-state index is 0.226. The maximum atomic E-state index is 5.67. The van der Waals surface area contributed by atoms with Crippen molar-refractivity contribution < 1.29 is 0 Å². The van der Waals surface area contributed by atoms with Crippen molar-refractivity contribution in [3.05, 3.63) is 26.6 Å². The van der Waals surface area contributed by atoms with Crippen molar-refractivity contribution in [3.63, 3.8) is 0 Å². The van der Waals surface area contributed by atoms with Gasteiger partial charge in [0.25, 0.3) is 0 Å². The summed E-state index contributed by atoms with van der Waals surface area (Å²) in [5.41, 5.74) is 5.67. The number of halogens is 1. The van der Waals surface area contributed by atoms with Gasteiger partial charge in [-0.05, 0) is 27.4 Å². The highest BCUT2D eigenvalue weighted by Crippen LogP contribution is 2.23. The first-order chi connectivity index (χ1) is 8.56. The molecule has 0 aliphatic rings. The Hall–Kier alpha value is -1.21. The lowest BCUT2D eigenvalue weighted by atomic mass is 10.2. The van der Waals surface area contributed by atoms with Crippen LogP contribution in [0.5, 0.6) is 0 Å².